The first-order valence-corrected chi connectivity index (χ1v) is 9.83. The van der Waals surface area contributed by atoms with Crippen LogP contribution in [0.15, 0.2) is 59.8 Å². The maximum atomic E-state index is 12.6. The predicted molar refractivity (Wildman–Crippen MR) is 122 cm³/mol. The van der Waals surface area contributed by atoms with Gasteiger partial charge in [0.1, 0.15) is 5.75 Å². The number of methoxy groups -OCH3 is 3. The Morgan fingerprint density at radius 1 is 0.909 bits per heavy atom. The molecular formula is C24H23N3O6. The highest BCUT2D eigenvalue weighted by molar-refractivity contribution is 5.95. The van der Waals surface area contributed by atoms with Crippen LogP contribution in [-0.2, 0) is 0 Å². The highest BCUT2D eigenvalue weighted by atomic mass is 16.5. The summed E-state index contributed by atoms with van der Waals surface area (Å²) in [5.41, 5.74) is 4.61. The number of ether oxygens (including phenoxy) is 4. The van der Waals surface area contributed by atoms with Crippen molar-refractivity contribution < 1.29 is 28.5 Å². The van der Waals surface area contributed by atoms with Crippen LogP contribution in [0.5, 0.6) is 23.0 Å². The monoisotopic (exact) mass is 449 g/mol. The number of benzene rings is 2. The zero-order valence-electron chi connectivity index (χ0n) is 18.6. The molecule has 1 heterocycles. The summed E-state index contributed by atoms with van der Waals surface area (Å²) in [6, 6.07) is 13.1. The standard InChI is InChI=1S/C24H23N3O6/c1-15-5-8-17(14-25-15)23(28)27-26-13-16-6-9-19(10-7-16)33-24(29)18-11-20(30-2)22(32-4)21(12-18)31-3/h5-14H,1-4H3,(H,27,28). The fourth-order valence-electron chi connectivity index (χ4n) is 2.82. The lowest BCUT2D eigenvalue weighted by atomic mass is 10.2. The number of carbonyl (C=O) groups is 2. The molecule has 0 atom stereocenters. The molecule has 33 heavy (non-hydrogen) atoms. The molecule has 3 rings (SSSR count). The van der Waals surface area contributed by atoms with Crippen LogP contribution < -0.4 is 24.4 Å². The summed E-state index contributed by atoms with van der Waals surface area (Å²) >= 11 is 0. The second-order valence-electron chi connectivity index (χ2n) is 6.76. The van der Waals surface area contributed by atoms with Crippen molar-refractivity contribution in [2.24, 2.45) is 5.10 Å². The molecule has 0 fully saturated rings. The highest BCUT2D eigenvalue weighted by Gasteiger charge is 2.18. The quantitative estimate of drug-likeness (QED) is 0.243. The Hall–Kier alpha value is -4.40. The second-order valence-corrected chi connectivity index (χ2v) is 6.76. The van der Waals surface area contributed by atoms with E-state index in [0.717, 1.165) is 5.69 Å². The third kappa shape index (κ3) is 5.85. The van der Waals surface area contributed by atoms with Crippen LogP contribution in [0.3, 0.4) is 0 Å². The number of hydrogen-bond acceptors (Lipinski definition) is 8. The van der Waals surface area contributed by atoms with Crippen molar-refractivity contribution in [2.75, 3.05) is 21.3 Å². The molecule has 0 spiro atoms. The molecule has 3 aromatic rings. The summed E-state index contributed by atoms with van der Waals surface area (Å²) in [6.45, 7) is 1.84. The number of nitrogens with zero attached hydrogens (tertiary/aromatic N) is 2. The van der Waals surface area contributed by atoms with Crippen molar-refractivity contribution in [3.05, 3.63) is 77.1 Å². The summed E-state index contributed by atoms with van der Waals surface area (Å²) in [7, 11) is 4.41. The lowest BCUT2D eigenvalue weighted by molar-refractivity contribution is 0.0733. The zero-order chi connectivity index (χ0) is 23.8. The Balaban J connectivity index is 1.63. The Morgan fingerprint density at radius 2 is 1.58 bits per heavy atom. The van der Waals surface area contributed by atoms with Gasteiger partial charge in [-0.2, -0.15) is 5.10 Å². The Labute approximate surface area is 191 Å². The molecule has 9 heteroatoms. The van der Waals surface area contributed by atoms with Crippen molar-refractivity contribution in [1.29, 1.82) is 0 Å². The first-order valence-electron chi connectivity index (χ1n) is 9.83. The number of aryl methyl sites for hydroxylation is 1. The number of rotatable bonds is 8. The van der Waals surface area contributed by atoms with Crippen LogP contribution in [0.2, 0.25) is 0 Å². The molecule has 2 aromatic carbocycles. The van der Waals surface area contributed by atoms with Gasteiger partial charge in [-0.05, 0) is 61.0 Å². The van der Waals surface area contributed by atoms with Crippen molar-refractivity contribution in [2.45, 2.75) is 6.92 Å². The van der Waals surface area contributed by atoms with Crippen molar-refractivity contribution >= 4 is 18.1 Å². The second kappa shape index (κ2) is 10.8. The van der Waals surface area contributed by atoms with Crippen LogP contribution in [-0.4, -0.2) is 44.4 Å². The van der Waals surface area contributed by atoms with E-state index in [-0.39, 0.29) is 11.5 Å². The molecule has 170 valence electrons. The third-order valence-corrected chi connectivity index (χ3v) is 4.54. The number of hydrogen-bond donors (Lipinski definition) is 1. The molecule has 9 nitrogen and oxygen atoms in total. The molecule has 0 bridgehead atoms. The fraction of sp³-hybridized carbons (Fsp3) is 0.167. The molecule has 0 saturated heterocycles. The van der Waals surface area contributed by atoms with Crippen LogP contribution in [0.1, 0.15) is 32.0 Å². The summed E-state index contributed by atoms with van der Waals surface area (Å²) < 4.78 is 21.2. The number of amides is 1. The van der Waals surface area contributed by atoms with Crippen LogP contribution in [0.4, 0.5) is 0 Å². The number of aromatic nitrogens is 1. The Morgan fingerprint density at radius 3 is 2.12 bits per heavy atom. The summed E-state index contributed by atoms with van der Waals surface area (Å²) in [5.74, 6) is 0.452. The van der Waals surface area contributed by atoms with Crippen LogP contribution in [0.25, 0.3) is 0 Å². The molecule has 0 aliphatic rings. The largest absolute Gasteiger partial charge is 0.493 e. The number of pyridine rings is 1. The minimum Gasteiger partial charge on any atom is -0.493 e. The smallest absolute Gasteiger partial charge is 0.343 e. The van der Waals surface area contributed by atoms with Crippen LogP contribution >= 0.6 is 0 Å². The molecule has 1 N–H and O–H groups in total. The van der Waals surface area contributed by atoms with E-state index in [4.69, 9.17) is 18.9 Å². The van der Waals surface area contributed by atoms with E-state index in [1.165, 1.54) is 45.9 Å². The minimum atomic E-state index is -0.588. The van der Waals surface area contributed by atoms with Gasteiger partial charge in [0.05, 0.1) is 38.7 Å². The Kier molecular flexibility index (Phi) is 7.59. The number of carbonyl (C=O) groups excluding carboxylic acids is 2. The van der Waals surface area contributed by atoms with Gasteiger partial charge in [-0.1, -0.05) is 0 Å². The molecule has 0 saturated carbocycles. The maximum absolute atomic E-state index is 12.6. The van der Waals surface area contributed by atoms with E-state index in [1.54, 1.807) is 36.4 Å². The lowest BCUT2D eigenvalue weighted by Gasteiger charge is -2.13. The van der Waals surface area contributed by atoms with Gasteiger partial charge in [-0.25, -0.2) is 10.2 Å². The molecule has 1 aromatic heterocycles. The average Bonchev–Trinajstić information content (AvgIpc) is 2.84. The van der Waals surface area contributed by atoms with E-state index in [0.29, 0.717) is 34.1 Å². The van der Waals surface area contributed by atoms with Gasteiger partial charge >= 0.3 is 5.97 Å². The highest BCUT2D eigenvalue weighted by Crippen LogP contribution is 2.38. The fourth-order valence-corrected chi connectivity index (χ4v) is 2.82. The third-order valence-electron chi connectivity index (χ3n) is 4.54. The van der Waals surface area contributed by atoms with Gasteiger partial charge in [-0.15, -0.1) is 0 Å². The topological polar surface area (TPSA) is 108 Å². The van der Waals surface area contributed by atoms with Gasteiger partial charge in [0, 0.05) is 11.9 Å². The van der Waals surface area contributed by atoms with Crippen LogP contribution in [0, 0.1) is 6.92 Å². The number of esters is 1. The predicted octanol–water partition coefficient (Wildman–Crippen LogP) is 3.40. The average molecular weight is 449 g/mol. The normalized spacial score (nSPS) is 10.5. The van der Waals surface area contributed by atoms with Gasteiger partial charge < -0.3 is 18.9 Å². The van der Waals surface area contributed by atoms with Crippen molar-refractivity contribution in [3.63, 3.8) is 0 Å². The van der Waals surface area contributed by atoms with E-state index in [9.17, 15) is 9.59 Å². The van der Waals surface area contributed by atoms with Gasteiger partial charge in [0.15, 0.2) is 11.5 Å². The van der Waals surface area contributed by atoms with Crippen molar-refractivity contribution in [1.82, 2.24) is 10.4 Å². The molecule has 1 amide bonds. The maximum Gasteiger partial charge on any atom is 0.343 e. The first-order chi connectivity index (χ1) is 15.9. The van der Waals surface area contributed by atoms with Crippen molar-refractivity contribution in [3.8, 4) is 23.0 Å². The number of hydrazone groups is 1. The van der Waals surface area contributed by atoms with Gasteiger partial charge in [0.2, 0.25) is 5.75 Å². The summed E-state index contributed by atoms with van der Waals surface area (Å²) in [6.07, 6.45) is 2.96. The lowest BCUT2D eigenvalue weighted by Crippen LogP contribution is -2.17. The first kappa shape index (κ1) is 23.3. The molecule has 0 unspecified atom stereocenters. The van der Waals surface area contributed by atoms with Gasteiger partial charge in [0.25, 0.3) is 5.91 Å². The molecule has 0 aliphatic carbocycles. The zero-order valence-corrected chi connectivity index (χ0v) is 18.6. The van der Waals surface area contributed by atoms with Gasteiger partial charge in [-0.3, -0.25) is 9.78 Å². The summed E-state index contributed by atoms with van der Waals surface area (Å²) in [5, 5.41) is 3.93. The SMILES string of the molecule is COc1cc(C(=O)Oc2ccc(C=NNC(=O)c3ccc(C)nc3)cc2)cc(OC)c1OC. The van der Waals surface area contributed by atoms with E-state index in [2.05, 4.69) is 15.5 Å². The van der Waals surface area contributed by atoms with E-state index >= 15 is 0 Å². The Bertz CT molecular complexity index is 1130. The summed E-state index contributed by atoms with van der Waals surface area (Å²) in [4.78, 5) is 28.7. The molecular weight excluding hydrogens is 426 g/mol. The number of nitrogens with one attached hydrogen (secondary N) is 1. The van der Waals surface area contributed by atoms with E-state index < -0.39 is 5.97 Å². The van der Waals surface area contributed by atoms with E-state index in [1.807, 2.05) is 6.92 Å². The molecule has 0 radical (unpaired) electrons. The minimum absolute atomic E-state index is 0.239. The molecule has 0 aliphatic heterocycles.